The second-order valence-electron chi connectivity index (χ2n) is 3.21. The number of carbonyl (C=O) groups excluding carboxylic acids is 1. The number of amides is 1. The Kier molecular flexibility index (Phi) is 2.47. The molecule has 1 heterocycles. The molecular formula is C10H10N4O2. The lowest BCUT2D eigenvalue weighted by Gasteiger charge is -2.05. The first-order valence-corrected chi connectivity index (χ1v) is 4.52. The molecule has 82 valence electrons. The number of nitrogens with two attached hydrogens (primary N) is 2. The average Bonchev–Trinajstić information content (AvgIpc) is 2.70. The number of nitrogens with zero attached hydrogens (tertiary/aromatic N) is 1. The molecule has 0 spiro atoms. The zero-order valence-electron chi connectivity index (χ0n) is 8.31. The predicted octanol–water partition coefficient (Wildman–Crippen LogP) is 1.09. The van der Waals surface area contributed by atoms with Gasteiger partial charge in [-0.1, -0.05) is 5.16 Å². The first-order valence-electron chi connectivity index (χ1n) is 4.52. The first-order chi connectivity index (χ1) is 7.66. The van der Waals surface area contributed by atoms with Gasteiger partial charge in [0.1, 0.15) is 12.0 Å². The second kappa shape index (κ2) is 3.93. The lowest BCUT2D eigenvalue weighted by atomic mass is 10.1. The van der Waals surface area contributed by atoms with Crippen LogP contribution in [0.4, 0.5) is 17.1 Å². The van der Waals surface area contributed by atoms with E-state index in [9.17, 15) is 4.79 Å². The Morgan fingerprint density at radius 3 is 2.81 bits per heavy atom. The molecule has 0 saturated heterocycles. The Morgan fingerprint density at radius 2 is 2.19 bits per heavy atom. The Hall–Kier alpha value is -2.50. The van der Waals surface area contributed by atoms with Gasteiger partial charge in [0.15, 0.2) is 0 Å². The van der Waals surface area contributed by atoms with Gasteiger partial charge >= 0.3 is 0 Å². The fraction of sp³-hybridized carbons (Fsp3) is 0. The molecule has 0 unspecified atom stereocenters. The van der Waals surface area contributed by atoms with Gasteiger partial charge in [-0.3, -0.25) is 4.79 Å². The van der Waals surface area contributed by atoms with Crippen LogP contribution in [-0.2, 0) is 0 Å². The summed E-state index contributed by atoms with van der Waals surface area (Å²) in [4.78, 5) is 11.7. The fourth-order valence-corrected chi connectivity index (χ4v) is 1.25. The maximum atomic E-state index is 11.7. The van der Waals surface area contributed by atoms with Gasteiger partial charge in [0.25, 0.3) is 5.91 Å². The molecule has 0 aliphatic heterocycles. The van der Waals surface area contributed by atoms with Crippen molar-refractivity contribution in [1.82, 2.24) is 5.16 Å². The van der Waals surface area contributed by atoms with E-state index in [2.05, 4.69) is 15.0 Å². The van der Waals surface area contributed by atoms with E-state index in [1.165, 1.54) is 18.5 Å². The third-order valence-electron chi connectivity index (χ3n) is 2.01. The van der Waals surface area contributed by atoms with Crippen molar-refractivity contribution in [2.45, 2.75) is 0 Å². The molecule has 0 aliphatic carbocycles. The number of rotatable bonds is 2. The van der Waals surface area contributed by atoms with E-state index < -0.39 is 0 Å². The van der Waals surface area contributed by atoms with Gasteiger partial charge < -0.3 is 21.3 Å². The summed E-state index contributed by atoms with van der Waals surface area (Å²) in [5.74, 6) is -0.333. The van der Waals surface area contributed by atoms with Crippen molar-refractivity contribution in [3.8, 4) is 0 Å². The number of anilines is 3. The molecule has 0 aliphatic rings. The quantitative estimate of drug-likeness (QED) is 0.654. The lowest BCUT2D eigenvalue weighted by molar-refractivity contribution is 0.102. The maximum absolute atomic E-state index is 11.7. The molecule has 1 aromatic carbocycles. The minimum Gasteiger partial charge on any atom is -0.399 e. The van der Waals surface area contributed by atoms with E-state index in [4.69, 9.17) is 11.5 Å². The Balaban J connectivity index is 2.21. The molecule has 0 bridgehead atoms. The summed E-state index contributed by atoms with van der Waals surface area (Å²) in [7, 11) is 0. The van der Waals surface area contributed by atoms with E-state index in [-0.39, 0.29) is 5.91 Å². The van der Waals surface area contributed by atoms with Crippen molar-refractivity contribution in [1.29, 1.82) is 0 Å². The highest BCUT2D eigenvalue weighted by Gasteiger charge is 2.10. The molecule has 5 N–H and O–H groups in total. The van der Waals surface area contributed by atoms with E-state index in [0.717, 1.165) is 0 Å². The van der Waals surface area contributed by atoms with Crippen LogP contribution in [0.5, 0.6) is 0 Å². The summed E-state index contributed by atoms with van der Waals surface area (Å²) >= 11 is 0. The van der Waals surface area contributed by atoms with Gasteiger partial charge in [0.2, 0.25) is 0 Å². The third kappa shape index (κ3) is 1.95. The van der Waals surface area contributed by atoms with Crippen molar-refractivity contribution >= 4 is 23.0 Å². The molecule has 6 heteroatoms. The third-order valence-corrected chi connectivity index (χ3v) is 2.01. The summed E-state index contributed by atoms with van der Waals surface area (Å²) in [6, 6.07) is 4.70. The molecule has 0 fully saturated rings. The number of benzene rings is 1. The molecular weight excluding hydrogens is 208 g/mol. The van der Waals surface area contributed by atoms with Gasteiger partial charge in [-0.05, 0) is 18.2 Å². The molecule has 16 heavy (non-hydrogen) atoms. The van der Waals surface area contributed by atoms with E-state index in [1.54, 1.807) is 12.1 Å². The Bertz CT molecular complexity index is 508. The molecule has 0 atom stereocenters. The van der Waals surface area contributed by atoms with Crippen LogP contribution in [0, 0.1) is 0 Å². The highest BCUT2D eigenvalue weighted by molar-refractivity contribution is 6.07. The second-order valence-corrected chi connectivity index (χ2v) is 3.21. The number of nitrogens with one attached hydrogen (secondary N) is 1. The minimum absolute atomic E-state index is 0.328. The summed E-state index contributed by atoms with van der Waals surface area (Å²) in [5, 5.41) is 6.05. The summed E-state index contributed by atoms with van der Waals surface area (Å²) in [6.07, 6.45) is 2.72. The standard InChI is InChI=1S/C10H10N4O2/c11-6-1-2-8(9(12)3-6)10(15)14-7-4-13-16-5-7/h1-5H,11-12H2,(H,14,15). The Morgan fingerprint density at radius 1 is 1.38 bits per heavy atom. The topological polar surface area (TPSA) is 107 Å². The SMILES string of the molecule is Nc1ccc(C(=O)Nc2cnoc2)c(N)c1. The van der Waals surface area contributed by atoms with Crippen LogP contribution >= 0.6 is 0 Å². The fourth-order valence-electron chi connectivity index (χ4n) is 1.25. The molecule has 1 aromatic heterocycles. The molecule has 6 nitrogen and oxygen atoms in total. The van der Waals surface area contributed by atoms with Crippen LogP contribution < -0.4 is 16.8 Å². The summed E-state index contributed by atoms with van der Waals surface area (Å²) in [6.45, 7) is 0. The average molecular weight is 218 g/mol. The highest BCUT2D eigenvalue weighted by atomic mass is 16.5. The van der Waals surface area contributed by atoms with E-state index >= 15 is 0 Å². The van der Waals surface area contributed by atoms with Crippen LogP contribution in [0.15, 0.2) is 35.2 Å². The molecule has 0 saturated carbocycles. The first kappa shape index (κ1) is 10.0. The highest BCUT2D eigenvalue weighted by Crippen LogP contribution is 2.17. The van der Waals surface area contributed by atoms with Crippen LogP contribution in [0.1, 0.15) is 10.4 Å². The number of hydrogen-bond acceptors (Lipinski definition) is 5. The van der Waals surface area contributed by atoms with Crippen molar-refractivity contribution < 1.29 is 9.32 Å². The van der Waals surface area contributed by atoms with Gasteiger partial charge in [-0.2, -0.15) is 0 Å². The number of carbonyl (C=O) groups is 1. The van der Waals surface area contributed by atoms with Crippen molar-refractivity contribution in [3.63, 3.8) is 0 Å². The van der Waals surface area contributed by atoms with Crippen molar-refractivity contribution in [3.05, 3.63) is 36.2 Å². The molecule has 0 radical (unpaired) electrons. The van der Waals surface area contributed by atoms with Crippen LogP contribution in [0.3, 0.4) is 0 Å². The van der Waals surface area contributed by atoms with Crippen LogP contribution in [0.2, 0.25) is 0 Å². The van der Waals surface area contributed by atoms with E-state index in [1.807, 2.05) is 0 Å². The zero-order chi connectivity index (χ0) is 11.5. The largest absolute Gasteiger partial charge is 0.399 e. The Labute approximate surface area is 91.2 Å². The van der Waals surface area contributed by atoms with E-state index in [0.29, 0.717) is 22.6 Å². The van der Waals surface area contributed by atoms with Crippen molar-refractivity contribution in [2.24, 2.45) is 0 Å². The smallest absolute Gasteiger partial charge is 0.257 e. The zero-order valence-corrected chi connectivity index (χ0v) is 8.31. The minimum atomic E-state index is -0.333. The summed E-state index contributed by atoms with van der Waals surface area (Å²) in [5.41, 5.74) is 12.9. The summed E-state index contributed by atoms with van der Waals surface area (Å²) < 4.78 is 4.58. The monoisotopic (exact) mass is 218 g/mol. The van der Waals surface area contributed by atoms with Gasteiger partial charge in [-0.15, -0.1) is 0 Å². The van der Waals surface area contributed by atoms with Crippen LogP contribution in [-0.4, -0.2) is 11.1 Å². The predicted molar refractivity (Wildman–Crippen MR) is 59.7 cm³/mol. The molecule has 2 aromatic rings. The normalized spacial score (nSPS) is 10.0. The molecule has 1 amide bonds. The molecule has 2 rings (SSSR count). The van der Waals surface area contributed by atoms with Crippen molar-refractivity contribution in [2.75, 3.05) is 16.8 Å². The number of hydrogen-bond donors (Lipinski definition) is 3. The van der Waals surface area contributed by atoms with Gasteiger partial charge in [0, 0.05) is 11.4 Å². The van der Waals surface area contributed by atoms with Gasteiger partial charge in [0.05, 0.1) is 11.8 Å². The lowest BCUT2D eigenvalue weighted by Crippen LogP contribution is -2.13. The maximum Gasteiger partial charge on any atom is 0.257 e. The van der Waals surface area contributed by atoms with Crippen LogP contribution in [0.25, 0.3) is 0 Å². The number of nitrogen functional groups attached to an aromatic ring is 2. The van der Waals surface area contributed by atoms with Gasteiger partial charge in [-0.25, -0.2) is 0 Å². The number of aromatic nitrogens is 1.